The monoisotopic (exact) mass is 595 g/mol. The molecule has 10 nitrogen and oxygen atoms in total. The zero-order chi connectivity index (χ0) is 31.1. The molecule has 1 amide bonds. The number of fused-ring (bicyclic) bond motifs is 1. The maximum absolute atomic E-state index is 14.1. The maximum atomic E-state index is 14.1. The van der Waals surface area contributed by atoms with Crippen LogP contribution in [0, 0.1) is 36.3 Å². The summed E-state index contributed by atoms with van der Waals surface area (Å²) >= 11 is 0. The van der Waals surface area contributed by atoms with Gasteiger partial charge in [0.05, 0.1) is 36.5 Å². The number of aromatic nitrogens is 2. The fourth-order valence-corrected chi connectivity index (χ4v) is 5.79. The average Bonchev–Trinajstić information content (AvgIpc) is 3.51. The summed E-state index contributed by atoms with van der Waals surface area (Å²) < 4.78 is 45.0. The minimum atomic E-state index is -1.27. The molecule has 2 fully saturated rings. The molecule has 3 aromatic rings. The Morgan fingerprint density at radius 3 is 2.44 bits per heavy atom. The third-order valence-corrected chi connectivity index (χ3v) is 8.11. The first kappa shape index (κ1) is 29.9. The summed E-state index contributed by atoms with van der Waals surface area (Å²) in [7, 11) is 1.50. The molecule has 43 heavy (non-hydrogen) atoms. The van der Waals surface area contributed by atoms with E-state index in [0.717, 1.165) is 18.2 Å². The van der Waals surface area contributed by atoms with Crippen molar-refractivity contribution in [3.63, 3.8) is 0 Å². The highest BCUT2D eigenvalue weighted by Gasteiger charge is 2.62. The molecular weight excluding hydrogens is 564 g/mol. The third-order valence-electron chi connectivity index (χ3n) is 8.11. The quantitative estimate of drug-likeness (QED) is 0.259. The van der Waals surface area contributed by atoms with Gasteiger partial charge in [-0.1, -0.05) is 6.08 Å². The van der Waals surface area contributed by atoms with Crippen molar-refractivity contribution in [1.29, 1.82) is 0 Å². The van der Waals surface area contributed by atoms with Gasteiger partial charge in [0.25, 0.3) is 0 Å². The predicted octanol–water partition coefficient (Wildman–Crippen LogP) is 4.37. The Hall–Kier alpha value is -4.61. The van der Waals surface area contributed by atoms with Gasteiger partial charge in [0.1, 0.15) is 29.0 Å². The molecule has 0 aliphatic heterocycles. The van der Waals surface area contributed by atoms with Crippen LogP contribution in [0.25, 0.3) is 22.3 Å². The van der Waals surface area contributed by atoms with Crippen LogP contribution >= 0.6 is 0 Å². The number of hydrogen-bond donors (Lipinski definition) is 2. The van der Waals surface area contributed by atoms with Crippen molar-refractivity contribution in [2.45, 2.75) is 44.8 Å². The number of methoxy groups -OCH3 is 1. The van der Waals surface area contributed by atoms with E-state index in [1.165, 1.54) is 7.11 Å². The van der Waals surface area contributed by atoms with Gasteiger partial charge in [-0.25, -0.2) is 18.6 Å². The standard InChI is InChI=1S/C31H31F2N3O7/c1-5-17-14-31(17,30(40)42-6-2)36-27(37)22-12-20(13-23(22)29(38)39)43-28-21-7-8-24(41-4)15(3)25(21)34-26(35-28)16-9-18(32)11-19(33)10-16/h5,7-11,17,20,22-23H,1,6,12-14H2,2-4H3,(H,36,37)(H,38,39)/t17-,20-,22-,23-,31-/m1/s1. The van der Waals surface area contributed by atoms with Crippen molar-refractivity contribution in [2.75, 3.05) is 13.7 Å². The van der Waals surface area contributed by atoms with E-state index in [-0.39, 0.29) is 42.6 Å². The summed E-state index contributed by atoms with van der Waals surface area (Å²) in [4.78, 5) is 47.3. The van der Waals surface area contributed by atoms with Crippen LogP contribution in [0.15, 0.2) is 43.0 Å². The average molecular weight is 596 g/mol. The third kappa shape index (κ3) is 5.61. The van der Waals surface area contributed by atoms with Gasteiger partial charge in [-0.3, -0.25) is 9.59 Å². The van der Waals surface area contributed by atoms with Gasteiger partial charge < -0.3 is 24.6 Å². The highest BCUT2D eigenvalue weighted by atomic mass is 19.1. The van der Waals surface area contributed by atoms with Crippen LogP contribution in [-0.2, 0) is 19.1 Å². The molecule has 2 saturated carbocycles. The molecule has 12 heteroatoms. The molecule has 0 bridgehead atoms. The number of aryl methyl sites for hydroxylation is 1. The van der Waals surface area contributed by atoms with E-state index < -0.39 is 53.0 Å². The van der Waals surface area contributed by atoms with Gasteiger partial charge in [0, 0.05) is 23.1 Å². The molecule has 226 valence electrons. The number of amides is 1. The minimum absolute atomic E-state index is 0.0140. The number of carbonyl (C=O) groups excluding carboxylic acids is 2. The van der Waals surface area contributed by atoms with Crippen LogP contribution in [0.3, 0.4) is 0 Å². The van der Waals surface area contributed by atoms with Gasteiger partial charge in [-0.05, 0) is 57.4 Å². The molecule has 1 heterocycles. The number of carboxylic acid groups (broad SMARTS) is 1. The van der Waals surface area contributed by atoms with Crippen LogP contribution in [0.2, 0.25) is 0 Å². The Morgan fingerprint density at radius 1 is 1.14 bits per heavy atom. The number of aliphatic carboxylic acids is 1. The minimum Gasteiger partial charge on any atom is -0.496 e. The lowest BCUT2D eigenvalue weighted by atomic mass is 9.94. The molecule has 0 saturated heterocycles. The van der Waals surface area contributed by atoms with E-state index in [2.05, 4.69) is 21.9 Å². The number of ether oxygens (including phenoxy) is 3. The number of carboxylic acids is 1. The Morgan fingerprint density at radius 2 is 1.84 bits per heavy atom. The summed E-state index contributed by atoms with van der Waals surface area (Å²) in [5.41, 5.74) is -0.163. The molecule has 0 radical (unpaired) electrons. The number of nitrogens with one attached hydrogen (secondary N) is 1. The van der Waals surface area contributed by atoms with Crippen molar-refractivity contribution in [3.8, 4) is 23.0 Å². The van der Waals surface area contributed by atoms with E-state index in [1.54, 1.807) is 32.1 Å². The molecule has 0 spiro atoms. The van der Waals surface area contributed by atoms with Crippen molar-refractivity contribution < 1.29 is 42.5 Å². The summed E-state index contributed by atoms with van der Waals surface area (Å²) in [6.07, 6.45) is 1.11. The Kier molecular flexibility index (Phi) is 8.04. The summed E-state index contributed by atoms with van der Waals surface area (Å²) in [6, 6.07) is 6.28. The fraction of sp³-hybridized carbons (Fsp3) is 0.387. The van der Waals surface area contributed by atoms with Crippen molar-refractivity contribution in [3.05, 3.63) is 60.2 Å². The first-order chi connectivity index (χ1) is 20.5. The van der Waals surface area contributed by atoms with E-state index >= 15 is 0 Å². The number of benzene rings is 2. The number of rotatable bonds is 10. The summed E-state index contributed by atoms with van der Waals surface area (Å²) in [5.74, 6) is -5.87. The maximum Gasteiger partial charge on any atom is 0.332 e. The molecule has 5 rings (SSSR count). The lowest BCUT2D eigenvalue weighted by Gasteiger charge is -2.21. The molecule has 2 aromatic carbocycles. The molecular formula is C31H31F2N3O7. The lowest BCUT2D eigenvalue weighted by molar-refractivity contribution is -0.150. The first-order valence-corrected chi connectivity index (χ1v) is 13.8. The SMILES string of the molecule is C=C[C@@H]1C[C@]1(NC(=O)[C@@H]1C[C@@H](Oc2nc(-c3cc(F)cc(F)c3)nc3c(C)c(OC)ccc23)C[C@H]1C(=O)O)C(=O)OCC. The van der Waals surface area contributed by atoms with Gasteiger partial charge in [0.15, 0.2) is 5.82 Å². The van der Waals surface area contributed by atoms with Gasteiger partial charge in [0.2, 0.25) is 11.8 Å². The summed E-state index contributed by atoms with van der Waals surface area (Å²) in [6.45, 7) is 7.26. The molecule has 1 aromatic heterocycles. The topological polar surface area (TPSA) is 137 Å². The van der Waals surface area contributed by atoms with E-state index in [0.29, 0.717) is 28.6 Å². The zero-order valence-corrected chi connectivity index (χ0v) is 23.9. The highest BCUT2D eigenvalue weighted by Crippen LogP contribution is 2.46. The number of carbonyl (C=O) groups is 3. The molecule has 0 unspecified atom stereocenters. The second-order valence-electron chi connectivity index (χ2n) is 10.8. The van der Waals surface area contributed by atoms with Crippen LogP contribution in [0.4, 0.5) is 8.78 Å². The highest BCUT2D eigenvalue weighted by molar-refractivity contribution is 5.94. The Bertz CT molecular complexity index is 1610. The fourth-order valence-electron chi connectivity index (χ4n) is 5.79. The molecule has 2 N–H and O–H groups in total. The number of halogens is 2. The number of nitrogens with zero attached hydrogens (tertiary/aromatic N) is 2. The van der Waals surface area contributed by atoms with Crippen molar-refractivity contribution in [1.82, 2.24) is 15.3 Å². The molecule has 2 aliphatic rings. The van der Waals surface area contributed by atoms with Crippen LogP contribution in [-0.4, -0.2) is 58.3 Å². The van der Waals surface area contributed by atoms with E-state index in [9.17, 15) is 28.3 Å². The largest absolute Gasteiger partial charge is 0.496 e. The Labute approximate surface area is 246 Å². The molecule has 5 atom stereocenters. The van der Waals surface area contributed by atoms with E-state index in [1.807, 2.05) is 0 Å². The van der Waals surface area contributed by atoms with Crippen LogP contribution < -0.4 is 14.8 Å². The Balaban J connectivity index is 1.47. The van der Waals surface area contributed by atoms with Gasteiger partial charge in [-0.2, -0.15) is 4.98 Å². The van der Waals surface area contributed by atoms with Gasteiger partial charge >= 0.3 is 11.9 Å². The number of hydrogen-bond acceptors (Lipinski definition) is 8. The smallest absolute Gasteiger partial charge is 0.332 e. The van der Waals surface area contributed by atoms with Crippen molar-refractivity contribution >= 4 is 28.7 Å². The second-order valence-corrected chi connectivity index (χ2v) is 10.8. The van der Waals surface area contributed by atoms with E-state index in [4.69, 9.17) is 14.2 Å². The molecule has 2 aliphatic carbocycles. The zero-order valence-electron chi connectivity index (χ0n) is 23.9. The normalized spacial score (nSPS) is 24.3. The predicted molar refractivity (Wildman–Crippen MR) is 150 cm³/mol. The second kappa shape index (κ2) is 11.6. The van der Waals surface area contributed by atoms with Crippen LogP contribution in [0.5, 0.6) is 11.6 Å². The van der Waals surface area contributed by atoms with Crippen molar-refractivity contribution in [2.24, 2.45) is 17.8 Å². The number of esters is 1. The summed E-state index contributed by atoms with van der Waals surface area (Å²) in [5, 5.41) is 13.2. The lowest BCUT2D eigenvalue weighted by Crippen LogP contribution is -2.49. The first-order valence-electron chi connectivity index (χ1n) is 13.8. The van der Waals surface area contributed by atoms with Gasteiger partial charge in [-0.15, -0.1) is 6.58 Å². The van der Waals surface area contributed by atoms with Crippen LogP contribution in [0.1, 0.15) is 31.7 Å².